The second-order valence-corrected chi connectivity index (χ2v) is 8.33. The van der Waals surface area contributed by atoms with Crippen LogP contribution in [-0.2, 0) is 4.74 Å². The molecule has 0 radical (unpaired) electrons. The molecule has 5 rings (SSSR count). The SMILES string of the molecule is CCOc1ccccc1-c1ccnc(Nc2ccc3c(C4CNCCO4)c(C(C)=O)c(=O)oc3c2)n1. The van der Waals surface area contributed by atoms with Crippen LogP contribution >= 0.6 is 0 Å². The second kappa shape index (κ2) is 10.3. The van der Waals surface area contributed by atoms with Crippen molar-refractivity contribution in [1.29, 1.82) is 0 Å². The number of ketones is 1. The van der Waals surface area contributed by atoms with E-state index in [1.807, 2.05) is 49.4 Å². The van der Waals surface area contributed by atoms with Gasteiger partial charge in [0.2, 0.25) is 5.95 Å². The number of fused-ring (bicyclic) bond motifs is 1. The van der Waals surface area contributed by atoms with Gasteiger partial charge in [-0.15, -0.1) is 0 Å². The lowest BCUT2D eigenvalue weighted by Gasteiger charge is -2.26. The van der Waals surface area contributed by atoms with Crippen molar-refractivity contribution in [3.8, 4) is 17.0 Å². The minimum Gasteiger partial charge on any atom is -0.493 e. The van der Waals surface area contributed by atoms with Crippen molar-refractivity contribution in [2.24, 2.45) is 0 Å². The number of aromatic nitrogens is 2. The molecule has 9 heteroatoms. The van der Waals surface area contributed by atoms with Gasteiger partial charge >= 0.3 is 5.63 Å². The van der Waals surface area contributed by atoms with Crippen LogP contribution in [0.25, 0.3) is 22.2 Å². The number of carbonyl (C=O) groups is 1. The van der Waals surface area contributed by atoms with E-state index >= 15 is 0 Å². The molecule has 1 saturated heterocycles. The molecule has 0 amide bonds. The van der Waals surface area contributed by atoms with Gasteiger partial charge < -0.3 is 24.5 Å². The predicted octanol–water partition coefficient (Wildman–Crippen LogP) is 4.26. The maximum Gasteiger partial charge on any atom is 0.347 e. The normalized spacial score (nSPS) is 15.6. The van der Waals surface area contributed by atoms with Crippen molar-refractivity contribution in [3.05, 3.63) is 76.3 Å². The molecule has 0 aliphatic carbocycles. The minimum atomic E-state index is -0.679. The maximum absolute atomic E-state index is 12.8. The average Bonchev–Trinajstić information content (AvgIpc) is 2.89. The molecule has 184 valence electrons. The Hall–Kier alpha value is -4.08. The van der Waals surface area contributed by atoms with E-state index in [0.29, 0.717) is 60.2 Å². The first-order valence-electron chi connectivity index (χ1n) is 11.8. The summed E-state index contributed by atoms with van der Waals surface area (Å²) < 4.78 is 17.2. The van der Waals surface area contributed by atoms with Crippen LogP contribution in [0.5, 0.6) is 5.75 Å². The van der Waals surface area contributed by atoms with Crippen LogP contribution in [0.4, 0.5) is 11.6 Å². The molecule has 2 aromatic heterocycles. The lowest BCUT2D eigenvalue weighted by molar-refractivity contribution is 0.0277. The number of anilines is 2. The number of ether oxygens (including phenoxy) is 2. The third kappa shape index (κ3) is 4.71. The molecule has 9 nitrogen and oxygen atoms in total. The van der Waals surface area contributed by atoms with Crippen LogP contribution in [0, 0.1) is 0 Å². The topological polar surface area (TPSA) is 116 Å². The molecule has 0 bridgehead atoms. The largest absolute Gasteiger partial charge is 0.493 e. The third-order valence-corrected chi connectivity index (χ3v) is 5.92. The van der Waals surface area contributed by atoms with E-state index in [0.717, 1.165) is 11.3 Å². The zero-order chi connectivity index (χ0) is 25.1. The van der Waals surface area contributed by atoms with Crippen molar-refractivity contribution in [1.82, 2.24) is 15.3 Å². The van der Waals surface area contributed by atoms with Gasteiger partial charge in [0.25, 0.3) is 0 Å². The molecule has 4 aromatic rings. The van der Waals surface area contributed by atoms with Crippen molar-refractivity contribution in [2.45, 2.75) is 20.0 Å². The summed E-state index contributed by atoms with van der Waals surface area (Å²) in [5.41, 5.74) is 2.44. The van der Waals surface area contributed by atoms with E-state index < -0.39 is 11.7 Å². The van der Waals surface area contributed by atoms with Crippen molar-refractivity contribution < 1.29 is 18.7 Å². The molecule has 1 aliphatic heterocycles. The highest BCUT2D eigenvalue weighted by Crippen LogP contribution is 2.32. The molecule has 0 spiro atoms. The van der Waals surface area contributed by atoms with E-state index in [2.05, 4.69) is 20.6 Å². The zero-order valence-corrected chi connectivity index (χ0v) is 20.0. The summed E-state index contributed by atoms with van der Waals surface area (Å²) in [6.07, 6.45) is 1.24. The van der Waals surface area contributed by atoms with Gasteiger partial charge in [-0.2, -0.15) is 0 Å². The molecule has 0 saturated carbocycles. The number of Topliss-reactive ketones (excluding diaryl/α,β-unsaturated/α-hetero) is 1. The number of hydrogen-bond donors (Lipinski definition) is 2. The molecule has 2 aromatic carbocycles. The van der Waals surface area contributed by atoms with Crippen LogP contribution < -0.4 is 21.0 Å². The van der Waals surface area contributed by atoms with Gasteiger partial charge in [-0.3, -0.25) is 4.79 Å². The molecular weight excluding hydrogens is 460 g/mol. The number of carbonyl (C=O) groups excluding carboxylic acids is 1. The van der Waals surface area contributed by atoms with Gasteiger partial charge in [0, 0.05) is 47.6 Å². The van der Waals surface area contributed by atoms with Gasteiger partial charge in [0.05, 0.1) is 25.0 Å². The molecule has 1 unspecified atom stereocenters. The number of nitrogens with zero attached hydrogens (tertiary/aromatic N) is 2. The molecular formula is C27H26N4O5. The van der Waals surface area contributed by atoms with E-state index in [1.54, 1.807) is 12.3 Å². The van der Waals surface area contributed by atoms with Gasteiger partial charge in [-0.1, -0.05) is 12.1 Å². The quantitative estimate of drug-likeness (QED) is 0.292. The summed E-state index contributed by atoms with van der Waals surface area (Å²) in [5.74, 6) is 0.765. The first kappa shape index (κ1) is 23.7. The fourth-order valence-electron chi connectivity index (χ4n) is 4.38. The van der Waals surface area contributed by atoms with Crippen molar-refractivity contribution in [3.63, 3.8) is 0 Å². The molecule has 1 fully saturated rings. The Labute approximate surface area is 207 Å². The summed E-state index contributed by atoms with van der Waals surface area (Å²) in [7, 11) is 0. The number of para-hydroxylation sites is 1. The summed E-state index contributed by atoms with van der Waals surface area (Å²) >= 11 is 0. The molecule has 1 aliphatic rings. The van der Waals surface area contributed by atoms with Gasteiger partial charge in [0.1, 0.15) is 16.9 Å². The monoisotopic (exact) mass is 486 g/mol. The van der Waals surface area contributed by atoms with Crippen LogP contribution in [0.15, 0.2) is 63.9 Å². The average molecular weight is 487 g/mol. The number of rotatable bonds is 7. The Bertz CT molecular complexity index is 1480. The zero-order valence-electron chi connectivity index (χ0n) is 20.0. The number of morpholine rings is 1. The highest BCUT2D eigenvalue weighted by molar-refractivity contribution is 6.00. The Balaban J connectivity index is 1.51. The minimum absolute atomic E-state index is 0.0286. The fraction of sp³-hybridized carbons (Fsp3) is 0.259. The van der Waals surface area contributed by atoms with Crippen LogP contribution in [0.3, 0.4) is 0 Å². The molecule has 2 N–H and O–H groups in total. The Morgan fingerprint density at radius 2 is 2.08 bits per heavy atom. The highest BCUT2D eigenvalue weighted by Gasteiger charge is 2.27. The van der Waals surface area contributed by atoms with Gasteiger partial charge in [-0.05, 0) is 44.2 Å². The first-order chi connectivity index (χ1) is 17.5. The maximum atomic E-state index is 12.8. The fourth-order valence-corrected chi connectivity index (χ4v) is 4.38. The highest BCUT2D eigenvalue weighted by atomic mass is 16.5. The van der Waals surface area contributed by atoms with Crippen molar-refractivity contribution >= 4 is 28.4 Å². The summed E-state index contributed by atoms with van der Waals surface area (Å²) in [6.45, 7) is 5.55. The van der Waals surface area contributed by atoms with Crippen LogP contribution in [0.1, 0.15) is 35.9 Å². The molecule has 3 heterocycles. The van der Waals surface area contributed by atoms with E-state index in [4.69, 9.17) is 13.9 Å². The second-order valence-electron chi connectivity index (χ2n) is 8.33. The van der Waals surface area contributed by atoms with Gasteiger partial charge in [0.15, 0.2) is 5.78 Å². The van der Waals surface area contributed by atoms with Crippen molar-refractivity contribution in [2.75, 3.05) is 31.6 Å². The van der Waals surface area contributed by atoms with E-state index in [-0.39, 0.29) is 11.3 Å². The van der Waals surface area contributed by atoms with Gasteiger partial charge in [-0.25, -0.2) is 14.8 Å². The first-order valence-corrected chi connectivity index (χ1v) is 11.8. The summed E-state index contributed by atoms with van der Waals surface area (Å²) in [6, 6.07) is 14.8. The molecule has 36 heavy (non-hydrogen) atoms. The number of nitrogens with one attached hydrogen (secondary N) is 2. The number of hydrogen-bond acceptors (Lipinski definition) is 9. The smallest absolute Gasteiger partial charge is 0.347 e. The lowest BCUT2D eigenvalue weighted by Crippen LogP contribution is -2.35. The van der Waals surface area contributed by atoms with Crippen LogP contribution in [0.2, 0.25) is 0 Å². The summed E-state index contributed by atoms with van der Waals surface area (Å²) in [5, 5.41) is 7.08. The summed E-state index contributed by atoms with van der Waals surface area (Å²) in [4.78, 5) is 34.1. The lowest BCUT2D eigenvalue weighted by atomic mass is 9.96. The molecule has 1 atom stereocenters. The predicted molar refractivity (Wildman–Crippen MR) is 136 cm³/mol. The van der Waals surface area contributed by atoms with E-state index in [1.165, 1.54) is 6.92 Å². The Kier molecular flexibility index (Phi) is 6.75. The number of benzene rings is 2. The standard InChI is InChI=1S/C27H26N4O5/c1-3-34-21-7-5-4-6-18(21)20-10-11-29-27(31-20)30-17-8-9-19-22(14-17)36-26(33)24(16(2)32)25(19)23-15-28-12-13-35-23/h4-11,14,23,28H,3,12-13,15H2,1-2H3,(H,29,30,31). The van der Waals surface area contributed by atoms with Crippen LogP contribution in [-0.4, -0.2) is 42.1 Å². The third-order valence-electron chi connectivity index (χ3n) is 5.92. The van der Waals surface area contributed by atoms with E-state index in [9.17, 15) is 9.59 Å². The Morgan fingerprint density at radius 1 is 1.22 bits per heavy atom. The Morgan fingerprint density at radius 3 is 2.86 bits per heavy atom.